The summed E-state index contributed by atoms with van der Waals surface area (Å²) in [5.41, 5.74) is -0.663. The number of hydrogen-bond acceptors (Lipinski definition) is 6. The highest BCUT2D eigenvalue weighted by Crippen LogP contribution is 2.13. The number of esters is 1. The molecule has 0 radical (unpaired) electrons. The largest absolute Gasteiger partial charge is 0.466 e. The molecular weight excluding hydrogens is 280 g/mol. The summed E-state index contributed by atoms with van der Waals surface area (Å²) in [7, 11) is 0. The molecule has 0 unspecified atom stereocenters. The summed E-state index contributed by atoms with van der Waals surface area (Å²) in [6.45, 7) is 8.16. The maximum atomic E-state index is 11.7. The van der Waals surface area contributed by atoms with E-state index < -0.39 is 41.1 Å². The van der Waals surface area contributed by atoms with E-state index in [1.54, 1.807) is 34.6 Å². The van der Waals surface area contributed by atoms with Crippen LogP contribution in [0.3, 0.4) is 0 Å². The number of carbonyl (C=O) groups is 2. The van der Waals surface area contributed by atoms with Crippen molar-refractivity contribution in [3.8, 4) is 0 Å². The second kappa shape index (κ2) is 8.43. The van der Waals surface area contributed by atoms with Gasteiger partial charge < -0.3 is 14.8 Å². The lowest BCUT2D eigenvalue weighted by atomic mass is 9.97. The molecular formula is C13H24N2O6. The monoisotopic (exact) mass is 304 g/mol. The molecule has 0 aliphatic heterocycles. The summed E-state index contributed by atoms with van der Waals surface area (Å²) in [5.74, 6) is -1.19. The van der Waals surface area contributed by atoms with Gasteiger partial charge in [0, 0.05) is 11.0 Å². The lowest BCUT2D eigenvalue weighted by Crippen LogP contribution is -2.44. The highest BCUT2D eigenvalue weighted by molar-refractivity contribution is 5.70. The standard InChI is InChI=1S/C13H24N2O6/c1-6-20-11(16)7-10(8-15(18)19)9(2)14-12(17)21-13(3,4)5/h9-10H,6-8H2,1-5H3,(H,14,17)/t9-,10+/m0/s1. The first-order valence-corrected chi connectivity index (χ1v) is 6.82. The van der Waals surface area contributed by atoms with Crippen molar-refractivity contribution in [2.24, 2.45) is 5.92 Å². The van der Waals surface area contributed by atoms with Crippen LogP contribution in [-0.4, -0.2) is 41.8 Å². The normalized spacial score (nSPS) is 14.0. The van der Waals surface area contributed by atoms with E-state index in [1.807, 2.05) is 0 Å². The van der Waals surface area contributed by atoms with Crippen molar-refractivity contribution in [1.29, 1.82) is 0 Å². The zero-order valence-corrected chi connectivity index (χ0v) is 13.2. The van der Waals surface area contributed by atoms with Gasteiger partial charge in [0.2, 0.25) is 6.54 Å². The molecule has 0 aromatic rings. The first-order valence-electron chi connectivity index (χ1n) is 6.82. The van der Waals surface area contributed by atoms with Gasteiger partial charge in [-0.05, 0) is 34.6 Å². The minimum atomic E-state index is -0.674. The van der Waals surface area contributed by atoms with Crippen LogP contribution >= 0.6 is 0 Å². The molecule has 122 valence electrons. The number of amides is 1. The molecule has 1 amide bonds. The van der Waals surface area contributed by atoms with Crippen LogP contribution in [0.15, 0.2) is 0 Å². The molecule has 2 atom stereocenters. The van der Waals surface area contributed by atoms with Gasteiger partial charge in [-0.25, -0.2) is 4.79 Å². The van der Waals surface area contributed by atoms with Crippen molar-refractivity contribution in [2.75, 3.05) is 13.2 Å². The van der Waals surface area contributed by atoms with Crippen LogP contribution in [0.4, 0.5) is 4.79 Å². The van der Waals surface area contributed by atoms with E-state index in [0.29, 0.717) is 0 Å². The number of nitrogens with zero attached hydrogens (tertiary/aromatic N) is 1. The van der Waals surface area contributed by atoms with Crippen molar-refractivity contribution in [1.82, 2.24) is 5.32 Å². The predicted octanol–water partition coefficient (Wildman–Crippen LogP) is 1.75. The molecule has 8 heteroatoms. The SMILES string of the molecule is CCOC(=O)C[C@H](C[N+](=O)[O-])[C@H](C)NC(=O)OC(C)(C)C. The van der Waals surface area contributed by atoms with Crippen LogP contribution in [0.5, 0.6) is 0 Å². The van der Waals surface area contributed by atoms with Crippen LogP contribution < -0.4 is 5.32 Å². The van der Waals surface area contributed by atoms with Crippen LogP contribution in [0.25, 0.3) is 0 Å². The highest BCUT2D eigenvalue weighted by Gasteiger charge is 2.28. The molecule has 8 nitrogen and oxygen atoms in total. The summed E-state index contributed by atoms with van der Waals surface area (Å²) in [6.07, 6.45) is -0.807. The van der Waals surface area contributed by atoms with Crippen LogP contribution in [0, 0.1) is 16.0 Å². The van der Waals surface area contributed by atoms with Crippen LogP contribution in [0.2, 0.25) is 0 Å². The van der Waals surface area contributed by atoms with Crippen molar-refractivity contribution in [2.45, 2.75) is 52.7 Å². The Morgan fingerprint density at radius 1 is 1.33 bits per heavy atom. The zero-order valence-electron chi connectivity index (χ0n) is 13.2. The Kier molecular flexibility index (Phi) is 7.69. The molecule has 0 aromatic heterocycles. The molecule has 21 heavy (non-hydrogen) atoms. The Balaban J connectivity index is 4.63. The Bertz CT molecular complexity index is 377. The number of rotatable bonds is 7. The molecule has 0 heterocycles. The van der Waals surface area contributed by atoms with Crippen molar-refractivity contribution in [3.63, 3.8) is 0 Å². The summed E-state index contributed by atoms with van der Waals surface area (Å²) < 4.78 is 9.86. The van der Waals surface area contributed by atoms with Crippen LogP contribution in [0.1, 0.15) is 41.0 Å². The second-order valence-electron chi connectivity index (χ2n) is 5.72. The number of alkyl carbamates (subject to hydrolysis) is 1. The maximum Gasteiger partial charge on any atom is 0.407 e. The fourth-order valence-corrected chi connectivity index (χ4v) is 1.64. The number of carbonyl (C=O) groups excluding carboxylic acids is 2. The fourth-order valence-electron chi connectivity index (χ4n) is 1.64. The molecule has 1 N–H and O–H groups in total. The van der Waals surface area contributed by atoms with Gasteiger partial charge in [0.1, 0.15) is 5.60 Å². The highest BCUT2D eigenvalue weighted by atomic mass is 16.6. The molecule has 0 aliphatic carbocycles. The second-order valence-corrected chi connectivity index (χ2v) is 5.72. The summed E-state index contributed by atoms with van der Waals surface area (Å²) in [4.78, 5) is 33.3. The van der Waals surface area contributed by atoms with Gasteiger partial charge in [0.25, 0.3) is 0 Å². The van der Waals surface area contributed by atoms with Gasteiger partial charge in [0.05, 0.1) is 18.9 Å². The maximum absolute atomic E-state index is 11.7. The molecule has 0 saturated heterocycles. The van der Waals surface area contributed by atoms with Crippen molar-refractivity contribution in [3.05, 3.63) is 10.1 Å². The third-order valence-corrected chi connectivity index (χ3v) is 2.57. The Morgan fingerprint density at radius 3 is 2.33 bits per heavy atom. The molecule has 0 rings (SSSR count). The van der Waals surface area contributed by atoms with E-state index in [0.717, 1.165) is 0 Å². The van der Waals surface area contributed by atoms with Gasteiger partial charge >= 0.3 is 12.1 Å². The van der Waals surface area contributed by atoms with Crippen molar-refractivity contribution < 1.29 is 24.0 Å². The van der Waals surface area contributed by atoms with E-state index in [1.165, 1.54) is 0 Å². The zero-order chi connectivity index (χ0) is 16.6. The van der Waals surface area contributed by atoms with Gasteiger partial charge in [-0.1, -0.05) is 0 Å². The lowest BCUT2D eigenvalue weighted by Gasteiger charge is -2.24. The minimum absolute atomic E-state index is 0.133. The fraction of sp³-hybridized carbons (Fsp3) is 0.846. The Morgan fingerprint density at radius 2 is 1.90 bits per heavy atom. The number of ether oxygens (including phenoxy) is 2. The lowest BCUT2D eigenvalue weighted by molar-refractivity contribution is -0.488. The molecule has 0 bridgehead atoms. The van der Waals surface area contributed by atoms with Gasteiger partial charge in [-0.3, -0.25) is 14.9 Å². The quantitative estimate of drug-likeness (QED) is 0.436. The van der Waals surface area contributed by atoms with E-state index in [9.17, 15) is 19.7 Å². The smallest absolute Gasteiger partial charge is 0.407 e. The summed E-state index contributed by atoms with van der Waals surface area (Å²) >= 11 is 0. The minimum Gasteiger partial charge on any atom is -0.466 e. The molecule has 0 spiro atoms. The number of nitro groups is 1. The first-order chi connectivity index (χ1) is 9.55. The molecule has 0 aromatic carbocycles. The number of nitrogens with one attached hydrogen (secondary N) is 1. The van der Waals surface area contributed by atoms with E-state index in [-0.39, 0.29) is 13.0 Å². The van der Waals surface area contributed by atoms with Crippen molar-refractivity contribution >= 4 is 12.1 Å². The summed E-state index contributed by atoms with van der Waals surface area (Å²) in [6, 6.07) is -0.588. The molecule has 0 aliphatic rings. The predicted molar refractivity (Wildman–Crippen MR) is 75.4 cm³/mol. The van der Waals surface area contributed by atoms with Gasteiger partial charge in [-0.2, -0.15) is 0 Å². The van der Waals surface area contributed by atoms with E-state index >= 15 is 0 Å². The number of hydrogen-bond donors (Lipinski definition) is 1. The van der Waals surface area contributed by atoms with Crippen LogP contribution in [-0.2, 0) is 14.3 Å². The van der Waals surface area contributed by atoms with E-state index in [4.69, 9.17) is 9.47 Å². The van der Waals surface area contributed by atoms with Gasteiger partial charge in [-0.15, -0.1) is 0 Å². The van der Waals surface area contributed by atoms with E-state index in [2.05, 4.69) is 5.32 Å². The molecule has 0 saturated carbocycles. The third-order valence-electron chi connectivity index (χ3n) is 2.57. The molecule has 0 fully saturated rings. The first kappa shape index (κ1) is 19.1. The summed E-state index contributed by atoms with van der Waals surface area (Å²) in [5, 5.41) is 13.2. The average molecular weight is 304 g/mol. The Hall–Kier alpha value is -1.86. The average Bonchev–Trinajstić information content (AvgIpc) is 2.24. The topological polar surface area (TPSA) is 108 Å². The van der Waals surface area contributed by atoms with Gasteiger partial charge in [0.15, 0.2) is 0 Å². The Labute approximate surface area is 124 Å². The third kappa shape index (κ3) is 9.64.